The summed E-state index contributed by atoms with van der Waals surface area (Å²) in [5.74, 6) is 0.737. The van der Waals surface area contributed by atoms with Crippen molar-refractivity contribution in [1.29, 1.82) is 0 Å². The predicted octanol–water partition coefficient (Wildman–Crippen LogP) is 3.73. The van der Waals surface area contributed by atoms with Crippen molar-refractivity contribution in [2.24, 2.45) is 11.7 Å². The molecular formula is C17H27FN2. The average molecular weight is 278 g/mol. The molecule has 0 saturated carbocycles. The van der Waals surface area contributed by atoms with E-state index in [1.165, 1.54) is 50.9 Å². The van der Waals surface area contributed by atoms with E-state index in [0.29, 0.717) is 0 Å². The third kappa shape index (κ3) is 4.57. The van der Waals surface area contributed by atoms with Gasteiger partial charge in [-0.3, -0.25) is 0 Å². The smallest absolute Gasteiger partial charge is 0.123 e. The zero-order valence-electron chi connectivity index (χ0n) is 12.5. The molecule has 2 N–H and O–H groups in total. The van der Waals surface area contributed by atoms with Crippen LogP contribution >= 0.6 is 0 Å². The third-order valence-corrected chi connectivity index (χ3v) is 4.46. The van der Waals surface area contributed by atoms with Crippen LogP contribution in [0.4, 0.5) is 4.39 Å². The Kier molecular flexibility index (Phi) is 5.99. The molecule has 1 fully saturated rings. The molecule has 1 saturated heterocycles. The van der Waals surface area contributed by atoms with Gasteiger partial charge in [-0.15, -0.1) is 0 Å². The normalized spacial score (nSPS) is 19.1. The van der Waals surface area contributed by atoms with Crippen LogP contribution in [0.3, 0.4) is 0 Å². The highest BCUT2D eigenvalue weighted by molar-refractivity contribution is 5.19. The summed E-state index contributed by atoms with van der Waals surface area (Å²) in [6.45, 7) is 5.74. The van der Waals surface area contributed by atoms with Crippen LogP contribution in [0.25, 0.3) is 0 Å². The van der Waals surface area contributed by atoms with Crippen molar-refractivity contribution in [3.63, 3.8) is 0 Å². The molecule has 0 bridgehead atoms. The van der Waals surface area contributed by atoms with Gasteiger partial charge in [0, 0.05) is 6.04 Å². The SMILES string of the molecule is CCCC1CCN(CCC(N)c2ccc(F)cc2)CC1. The fourth-order valence-corrected chi connectivity index (χ4v) is 3.11. The van der Waals surface area contributed by atoms with Gasteiger partial charge in [0.2, 0.25) is 0 Å². The minimum absolute atomic E-state index is 0.0176. The first-order chi connectivity index (χ1) is 9.69. The minimum Gasteiger partial charge on any atom is -0.324 e. The van der Waals surface area contributed by atoms with Crippen molar-refractivity contribution in [3.8, 4) is 0 Å². The van der Waals surface area contributed by atoms with Crippen LogP contribution in [-0.2, 0) is 0 Å². The molecular weight excluding hydrogens is 251 g/mol. The van der Waals surface area contributed by atoms with Gasteiger partial charge in [0.05, 0.1) is 0 Å². The second kappa shape index (κ2) is 7.75. The van der Waals surface area contributed by atoms with Crippen molar-refractivity contribution >= 4 is 0 Å². The van der Waals surface area contributed by atoms with Gasteiger partial charge in [-0.1, -0.05) is 31.9 Å². The summed E-state index contributed by atoms with van der Waals surface area (Å²) in [5.41, 5.74) is 7.22. The van der Waals surface area contributed by atoms with Crippen LogP contribution in [-0.4, -0.2) is 24.5 Å². The Morgan fingerprint density at radius 3 is 2.50 bits per heavy atom. The molecule has 1 heterocycles. The molecule has 0 aromatic heterocycles. The Morgan fingerprint density at radius 1 is 1.25 bits per heavy atom. The first kappa shape index (κ1) is 15.5. The number of hydrogen-bond acceptors (Lipinski definition) is 2. The average Bonchev–Trinajstić information content (AvgIpc) is 2.47. The van der Waals surface area contributed by atoms with Gasteiger partial charge in [0.1, 0.15) is 5.82 Å². The molecule has 0 amide bonds. The fourth-order valence-electron chi connectivity index (χ4n) is 3.11. The summed E-state index contributed by atoms with van der Waals surface area (Å²) in [7, 11) is 0. The zero-order valence-corrected chi connectivity index (χ0v) is 12.5. The number of nitrogens with zero attached hydrogens (tertiary/aromatic N) is 1. The largest absolute Gasteiger partial charge is 0.324 e. The second-order valence-electron chi connectivity index (χ2n) is 6.02. The maximum Gasteiger partial charge on any atom is 0.123 e. The van der Waals surface area contributed by atoms with E-state index < -0.39 is 0 Å². The molecule has 20 heavy (non-hydrogen) atoms. The molecule has 0 radical (unpaired) electrons. The van der Waals surface area contributed by atoms with Crippen LogP contribution < -0.4 is 5.73 Å². The van der Waals surface area contributed by atoms with Gasteiger partial charge in [-0.25, -0.2) is 4.39 Å². The number of benzene rings is 1. The van der Waals surface area contributed by atoms with Crippen molar-refractivity contribution in [1.82, 2.24) is 4.90 Å². The van der Waals surface area contributed by atoms with E-state index in [2.05, 4.69) is 11.8 Å². The molecule has 2 rings (SSSR count). The van der Waals surface area contributed by atoms with Crippen molar-refractivity contribution in [2.45, 2.75) is 45.1 Å². The van der Waals surface area contributed by atoms with Gasteiger partial charge < -0.3 is 10.6 Å². The Morgan fingerprint density at radius 2 is 1.90 bits per heavy atom. The Labute approximate surface area is 122 Å². The van der Waals surface area contributed by atoms with E-state index >= 15 is 0 Å². The maximum absolute atomic E-state index is 12.9. The maximum atomic E-state index is 12.9. The quantitative estimate of drug-likeness (QED) is 0.859. The molecule has 0 aliphatic carbocycles. The van der Waals surface area contributed by atoms with Crippen LogP contribution in [0.5, 0.6) is 0 Å². The topological polar surface area (TPSA) is 29.3 Å². The van der Waals surface area contributed by atoms with Gasteiger partial charge in [-0.2, -0.15) is 0 Å². The minimum atomic E-state index is -0.195. The van der Waals surface area contributed by atoms with Crippen molar-refractivity contribution < 1.29 is 4.39 Å². The van der Waals surface area contributed by atoms with Gasteiger partial charge >= 0.3 is 0 Å². The number of piperidine rings is 1. The summed E-state index contributed by atoms with van der Waals surface area (Å²) in [4.78, 5) is 2.52. The first-order valence-corrected chi connectivity index (χ1v) is 7.92. The van der Waals surface area contributed by atoms with E-state index in [4.69, 9.17) is 5.73 Å². The van der Waals surface area contributed by atoms with E-state index in [1.54, 1.807) is 12.1 Å². The van der Waals surface area contributed by atoms with E-state index in [9.17, 15) is 4.39 Å². The molecule has 112 valence electrons. The molecule has 1 aliphatic heterocycles. The van der Waals surface area contributed by atoms with Crippen LogP contribution in [0, 0.1) is 11.7 Å². The Bertz CT molecular complexity index is 382. The van der Waals surface area contributed by atoms with Crippen LogP contribution in [0.2, 0.25) is 0 Å². The molecule has 3 heteroatoms. The van der Waals surface area contributed by atoms with Gasteiger partial charge in [0.25, 0.3) is 0 Å². The summed E-state index contributed by atoms with van der Waals surface area (Å²) in [6.07, 6.45) is 6.30. The lowest BCUT2D eigenvalue weighted by atomic mass is 9.92. The van der Waals surface area contributed by atoms with Crippen LogP contribution in [0.15, 0.2) is 24.3 Å². The van der Waals surface area contributed by atoms with E-state index in [-0.39, 0.29) is 11.9 Å². The lowest BCUT2D eigenvalue weighted by Crippen LogP contribution is -2.35. The lowest BCUT2D eigenvalue weighted by molar-refractivity contribution is 0.174. The number of rotatable bonds is 6. The number of hydrogen-bond donors (Lipinski definition) is 1. The number of likely N-dealkylation sites (tertiary alicyclic amines) is 1. The van der Waals surface area contributed by atoms with Crippen molar-refractivity contribution in [3.05, 3.63) is 35.6 Å². The Hall–Kier alpha value is -0.930. The van der Waals surface area contributed by atoms with Gasteiger partial charge in [-0.05, 0) is 62.5 Å². The number of halogens is 1. The summed E-state index contributed by atoms with van der Waals surface area (Å²) in [5, 5.41) is 0. The summed E-state index contributed by atoms with van der Waals surface area (Å²) >= 11 is 0. The molecule has 1 unspecified atom stereocenters. The van der Waals surface area contributed by atoms with Gasteiger partial charge in [0.15, 0.2) is 0 Å². The first-order valence-electron chi connectivity index (χ1n) is 7.92. The molecule has 1 aromatic rings. The molecule has 0 spiro atoms. The standard InChI is InChI=1S/C17H27FN2/c1-2-3-14-8-11-20(12-9-14)13-10-17(19)15-4-6-16(18)7-5-15/h4-7,14,17H,2-3,8-13,19H2,1H3. The zero-order chi connectivity index (χ0) is 14.4. The van der Waals surface area contributed by atoms with E-state index in [1.807, 2.05) is 0 Å². The highest BCUT2D eigenvalue weighted by Crippen LogP contribution is 2.23. The summed E-state index contributed by atoms with van der Waals surface area (Å²) < 4.78 is 12.9. The van der Waals surface area contributed by atoms with Crippen molar-refractivity contribution in [2.75, 3.05) is 19.6 Å². The monoisotopic (exact) mass is 278 g/mol. The summed E-state index contributed by atoms with van der Waals surface area (Å²) in [6, 6.07) is 6.60. The van der Waals surface area contributed by atoms with Crippen LogP contribution in [0.1, 0.15) is 50.6 Å². The molecule has 2 nitrogen and oxygen atoms in total. The third-order valence-electron chi connectivity index (χ3n) is 4.46. The predicted molar refractivity (Wildman–Crippen MR) is 82.0 cm³/mol. The fraction of sp³-hybridized carbons (Fsp3) is 0.647. The molecule has 1 aromatic carbocycles. The second-order valence-corrected chi connectivity index (χ2v) is 6.02. The number of nitrogens with two attached hydrogens (primary N) is 1. The molecule has 1 atom stereocenters. The lowest BCUT2D eigenvalue weighted by Gasteiger charge is -2.32. The highest BCUT2D eigenvalue weighted by Gasteiger charge is 2.18. The van der Waals surface area contributed by atoms with E-state index in [0.717, 1.165) is 24.4 Å². The highest BCUT2D eigenvalue weighted by atomic mass is 19.1. The Balaban J connectivity index is 1.71. The molecule has 1 aliphatic rings.